The molecular formula is C18H26N6. The molecule has 3 aliphatic rings. The molecule has 3 unspecified atom stereocenters. The highest BCUT2D eigenvalue weighted by atomic mass is 15.5. The van der Waals surface area contributed by atoms with Crippen molar-refractivity contribution in [2.24, 2.45) is 0 Å². The molecule has 4 rings (SSSR count). The maximum atomic E-state index is 4.42. The fourth-order valence-electron chi connectivity index (χ4n) is 3.75. The first kappa shape index (κ1) is 15.6. The molecule has 1 fully saturated rings. The molecule has 1 saturated heterocycles. The summed E-state index contributed by atoms with van der Waals surface area (Å²) in [4.78, 5) is 4.42. The zero-order valence-corrected chi connectivity index (χ0v) is 14.1. The van der Waals surface area contributed by atoms with Crippen LogP contribution < -0.4 is 21.4 Å². The second kappa shape index (κ2) is 6.93. The number of aromatic nitrogens is 1. The maximum Gasteiger partial charge on any atom is 0.145 e. The van der Waals surface area contributed by atoms with Crippen LogP contribution in [0.2, 0.25) is 0 Å². The van der Waals surface area contributed by atoms with Crippen LogP contribution >= 0.6 is 0 Å². The number of nitrogens with zero attached hydrogens (tertiary/aromatic N) is 2. The van der Waals surface area contributed by atoms with Gasteiger partial charge >= 0.3 is 0 Å². The topological polar surface area (TPSA) is 64.2 Å². The van der Waals surface area contributed by atoms with E-state index in [-0.39, 0.29) is 12.2 Å². The number of hydrogen-bond donors (Lipinski definition) is 4. The van der Waals surface area contributed by atoms with E-state index in [4.69, 9.17) is 0 Å². The van der Waals surface area contributed by atoms with E-state index in [1.165, 1.54) is 30.5 Å². The molecule has 0 amide bonds. The third-order valence-corrected chi connectivity index (χ3v) is 5.00. The van der Waals surface area contributed by atoms with Crippen LogP contribution in [0.1, 0.15) is 30.9 Å². The van der Waals surface area contributed by atoms with Crippen molar-refractivity contribution in [3.05, 3.63) is 47.8 Å². The average molecular weight is 326 g/mol. The first-order valence-electron chi connectivity index (χ1n) is 8.87. The van der Waals surface area contributed by atoms with Crippen molar-refractivity contribution in [2.75, 3.05) is 25.6 Å². The summed E-state index contributed by atoms with van der Waals surface area (Å²) in [5, 5.41) is 13.0. The van der Waals surface area contributed by atoms with E-state index in [1.54, 1.807) is 0 Å². The lowest BCUT2D eigenvalue weighted by atomic mass is 10.0. The highest BCUT2D eigenvalue weighted by molar-refractivity contribution is 5.53. The fourth-order valence-corrected chi connectivity index (χ4v) is 3.75. The minimum Gasteiger partial charge on any atom is -0.368 e. The van der Waals surface area contributed by atoms with Gasteiger partial charge in [-0.15, -0.1) is 0 Å². The third kappa shape index (κ3) is 3.17. The van der Waals surface area contributed by atoms with Crippen LogP contribution in [0.5, 0.6) is 0 Å². The van der Waals surface area contributed by atoms with Gasteiger partial charge in [-0.1, -0.05) is 18.6 Å². The number of rotatable bonds is 4. The van der Waals surface area contributed by atoms with E-state index in [0.29, 0.717) is 6.04 Å². The van der Waals surface area contributed by atoms with Crippen LogP contribution in [0.15, 0.2) is 42.3 Å². The second-order valence-corrected chi connectivity index (χ2v) is 6.75. The first-order valence-corrected chi connectivity index (χ1v) is 8.87. The number of hydrogen-bond acceptors (Lipinski definition) is 6. The predicted octanol–water partition coefficient (Wildman–Crippen LogP) is 1.50. The predicted molar refractivity (Wildman–Crippen MR) is 96.2 cm³/mol. The molecule has 6 nitrogen and oxygen atoms in total. The van der Waals surface area contributed by atoms with Crippen molar-refractivity contribution in [2.45, 2.75) is 37.5 Å². The average Bonchev–Trinajstić information content (AvgIpc) is 2.97. The van der Waals surface area contributed by atoms with Crippen molar-refractivity contribution in [1.29, 1.82) is 0 Å². The number of nitrogens with one attached hydrogen (secondary N) is 4. The zero-order valence-electron chi connectivity index (χ0n) is 14.1. The Morgan fingerprint density at radius 2 is 2.33 bits per heavy atom. The molecule has 128 valence electrons. The number of anilines is 1. The van der Waals surface area contributed by atoms with Gasteiger partial charge in [-0.25, -0.2) is 9.99 Å². The van der Waals surface area contributed by atoms with E-state index in [0.717, 1.165) is 18.9 Å². The molecule has 0 radical (unpaired) electrons. The molecule has 0 aromatic carbocycles. The first-order chi connectivity index (χ1) is 11.8. The summed E-state index contributed by atoms with van der Waals surface area (Å²) in [6, 6.07) is 4.88. The molecule has 1 aromatic rings. The standard InChI is InChI=1S/C18H26N6/c1-24-17(14-7-5-11-20-18(14)23-24)15-8-4-9-16(22-15)21-12-13-6-2-3-10-19-13/h4-5,7-9,11,13,16-17,19,21-22H,2-3,6,10,12H2,1H3,(H,20,23). The van der Waals surface area contributed by atoms with E-state index < -0.39 is 0 Å². The van der Waals surface area contributed by atoms with Crippen molar-refractivity contribution in [1.82, 2.24) is 25.9 Å². The lowest BCUT2D eigenvalue weighted by molar-refractivity contribution is 0.327. The number of allylic oxidation sites excluding steroid dienone is 2. The molecule has 0 spiro atoms. The summed E-state index contributed by atoms with van der Waals surface area (Å²) in [5.41, 5.74) is 5.73. The van der Waals surface area contributed by atoms with Gasteiger partial charge < -0.3 is 16.1 Å². The van der Waals surface area contributed by atoms with Crippen LogP contribution in [-0.4, -0.2) is 42.3 Å². The Morgan fingerprint density at radius 1 is 1.38 bits per heavy atom. The van der Waals surface area contributed by atoms with E-state index in [1.807, 2.05) is 12.3 Å². The molecule has 0 saturated carbocycles. The van der Waals surface area contributed by atoms with Crippen LogP contribution in [-0.2, 0) is 0 Å². The van der Waals surface area contributed by atoms with Crippen molar-refractivity contribution >= 4 is 5.82 Å². The number of dihydropyridines is 1. The third-order valence-electron chi connectivity index (χ3n) is 5.00. The van der Waals surface area contributed by atoms with Gasteiger partial charge in [-0.05, 0) is 37.6 Å². The summed E-state index contributed by atoms with van der Waals surface area (Å²) >= 11 is 0. The molecule has 0 aliphatic carbocycles. The lowest BCUT2D eigenvalue weighted by Crippen LogP contribution is -2.50. The van der Waals surface area contributed by atoms with Crippen LogP contribution in [0.3, 0.4) is 0 Å². The molecule has 3 atom stereocenters. The Hall–Kier alpha value is -1.89. The Bertz CT molecular complexity index is 634. The highest BCUT2D eigenvalue weighted by Gasteiger charge is 2.32. The largest absolute Gasteiger partial charge is 0.368 e. The minimum absolute atomic E-state index is 0.163. The van der Waals surface area contributed by atoms with Crippen LogP contribution in [0.4, 0.5) is 5.82 Å². The Morgan fingerprint density at radius 3 is 3.21 bits per heavy atom. The van der Waals surface area contributed by atoms with Gasteiger partial charge in [0.05, 0.1) is 12.2 Å². The molecule has 4 N–H and O–H groups in total. The summed E-state index contributed by atoms with van der Waals surface area (Å²) in [5.74, 6) is 0.943. The van der Waals surface area contributed by atoms with Gasteiger partial charge in [-0.3, -0.25) is 5.32 Å². The van der Waals surface area contributed by atoms with E-state index >= 15 is 0 Å². The van der Waals surface area contributed by atoms with Crippen molar-refractivity contribution < 1.29 is 0 Å². The Balaban J connectivity index is 1.40. The molecular weight excluding hydrogens is 300 g/mol. The van der Waals surface area contributed by atoms with Gasteiger partial charge in [0.15, 0.2) is 0 Å². The maximum absolute atomic E-state index is 4.42. The number of hydrazine groups is 1. The number of piperidine rings is 1. The minimum atomic E-state index is 0.163. The molecule has 3 aliphatic heterocycles. The van der Waals surface area contributed by atoms with Gasteiger partial charge in [-0.2, -0.15) is 0 Å². The van der Waals surface area contributed by atoms with Crippen molar-refractivity contribution in [3.63, 3.8) is 0 Å². The monoisotopic (exact) mass is 326 g/mol. The highest BCUT2D eigenvalue weighted by Crippen LogP contribution is 2.36. The van der Waals surface area contributed by atoms with Gasteiger partial charge in [0, 0.05) is 37.1 Å². The van der Waals surface area contributed by atoms with Crippen molar-refractivity contribution in [3.8, 4) is 0 Å². The molecule has 6 heteroatoms. The molecule has 1 aromatic heterocycles. The number of pyridine rings is 1. The smallest absolute Gasteiger partial charge is 0.145 e. The fraction of sp³-hybridized carbons (Fsp3) is 0.500. The SMILES string of the molecule is CN1Nc2ncccc2C1C1=CC=CC(NCC2CCCCN2)N1. The molecule has 4 heterocycles. The Labute approximate surface area is 143 Å². The zero-order chi connectivity index (χ0) is 16.4. The Kier molecular flexibility index (Phi) is 4.51. The van der Waals surface area contributed by atoms with E-state index in [9.17, 15) is 0 Å². The quantitative estimate of drug-likeness (QED) is 0.673. The summed E-state index contributed by atoms with van der Waals surface area (Å²) in [6.45, 7) is 2.14. The van der Waals surface area contributed by atoms with Gasteiger partial charge in [0.2, 0.25) is 0 Å². The second-order valence-electron chi connectivity index (χ2n) is 6.75. The lowest BCUT2D eigenvalue weighted by Gasteiger charge is -2.31. The van der Waals surface area contributed by atoms with E-state index in [2.05, 4.69) is 62.7 Å². The number of fused-ring (bicyclic) bond motifs is 1. The summed E-state index contributed by atoms with van der Waals surface area (Å²) in [6.07, 6.45) is 12.4. The summed E-state index contributed by atoms with van der Waals surface area (Å²) in [7, 11) is 2.06. The summed E-state index contributed by atoms with van der Waals surface area (Å²) < 4.78 is 0. The number of likely N-dealkylation sites (N-methyl/N-ethyl adjacent to an activating group) is 1. The molecule has 0 bridgehead atoms. The van der Waals surface area contributed by atoms with Crippen LogP contribution in [0, 0.1) is 0 Å². The normalized spacial score (nSPS) is 29.5. The van der Waals surface area contributed by atoms with Crippen LogP contribution in [0.25, 0.3) is 0 Å². The molecule has 24 heavy (non-hydrogen) atoms. The van der Waals surface area contributed by atoms with Gasteiger partial charge in [0.1, 0.15) is 5.82 Å². The van der Waals surface area contributed by atoms with Gasteiger partial charge in [0.25, 0.3) is 0 Å².